The highest BCUT2D eigenvalue weighted by Crippen LogP contribution is 2.40. The van der Waals surface area contributed by atoms with Crippen molar-refractivity contribution in [2.24, 2.45) is 17.6 Å². The molecular weight excluding hydrogens is 206 g/mol. The third-order valence-corrected chi connectivity index (χ3v) is 4.52. The van der Waals surface area contributed by atoms with Crippen LogP contribution in [0.4, 0.5) is 0 Å². The van der Waals surface area contributed by atoms with Gasteiger partial charge in [0.05, 0.1) is 0 Å². The van der Waals surface area contributed by atoms with Gasteiger partial charge in [0.2, 0.25) is 0 Å². The SMILES string of the molecule is NC1C2CCC1Cc1c(Cl)cccc1C2. The van der Waals surface area contributed by atoms with E-state index in [0.717, 1.165) is 17.9 Å². The Morgan fingerprint density at radius 3 is 2.67 bits per heavy atom. The van der Waals surface area contributed by atoms with Gasteiger partial charge in [0.15, 0.2) is 0 Å². The summed E-state index contributed by atoms with van der Waals surface area (Å²) < 4.78 is 0. The lowest BCUT2D eigenvalue weighted by Crippen LogP contribution is -2.31. The summed E-state index contributed by atoms with van der Waals surface area (Å²) in [4.78, 5) is 0. The van der Waals surface area contributed by atoms with Crippen LogP contribution in [0.15, 0.2) is 18.2 Å². The lowest BCUT2D eigenvalue weighted by Gasteiger charge is -2.15. The molecule has 2 aliphatic carbocycles. The first kappa shape index (κ1) is 9.68. The van der Waals surface area contributed by atoms with Crippen LogP contribution in [0.2, 0.25) is 5.02 Å². The quantitative estimate of drug-likeness (QED) is 0.717. The summed E-state index contributed by atoms with van der Waals surface area (Å²) in [6, 6.07) is 6.68. The molecule has 2 N–H and O–H groups in total. The van der Waals surface area contributed by atoms with Crippen LogP contribution in [0.5, 0.6) is 0 Å². The Bertz CT molecular complexity index is 388. The normalized spacial score (nSPS) is 33.6. The molecule has 3 rings (SSSR count). The van der Waals surface area contributed by atoms with Crippen molar-refractivity contribution in [3.8, 4) is 0 Å². The molecule has 3 atom stereocenters. The van der Waals surface area contributed by atoms with Gasteiger partial charge in [-0.1, -0.05) is 23.7 Å². The number of benzene rings is 1. The highest BCUT2D eigenvalue weighted by Gasteiger charge is 2.36. The van der Waals surface area contributed by atoms with E-state index in [2.05, 4.69) is 12.1 Å². The molecule has 15 heavy (non-hydrogen) atoms. The third kappa shape index (κ3) is 1.49. The maximum atomic E-state index is 6.27. The standard InChI is InChI=1S/C13H16ClN/c14-12-3-1-2-8-6-9-4-5-10(13(9)15)7-11(8)12/h1-3,9-10,13H,4-7,15H2. The molecule has 1 fully saturated rings. The number of rotatable bonds is 0. The molecule has 1 aromatic rings. The number of halogens is 1. The molecule has 0 amide bonds. The third-order valence-electron chi connectivity index (χ3n) is 4.16. The summed E-state index contributed by atoms with van der Waals surface area (Å²) in [6.07, 6.45) is 4.81. The first-order valence-corrected chi connectivity index (χ1v) is 6.15. The van der Waals surface area contributed by atoms with Crippen molar-refractivity contribution in [3.63, 3.8) is 0 Å². The number of hydrogen-bond acceptors (Lipinski definition) is 1. The van der Waals surface area contributed by atoms with Gasteiger partial charge in [-0.25, -0.2) is 0 Å². The summed E-state index contributed by atoms with van der Waals surface area (Å²) in [7, 11) is 0. The van der Waals surface area contributed by atoms with E-state index >= 15 is 0 Å². The first-order valence-electron chi connectivity index (χ1n) is 5.77. The minimum Gasteiger partial charge on any atom is -0.327 e. The van der Waals surface area contributed by atoms with E-state index < -0.39 is 0 Å². The minimum absolute atomic E-state index is 0.397. The molecular formula is C13H16ClN. The molecule has 0 heterocycles. The molecule has 80 valence electrons. The summed E-state index contributed by atoms with van der Waals surface area (Å²) in [5, 5.41) is 0.937. The van der Waals surface area contributed by atoms with E-state index in [-0.39, 0.29) is 0 Å². The Morgan fingerprint density at radius 2 is 1.87 bits per heavy atom. The van der Waals surface area contributed by atoms with Crippen LogP contribution in [0.1, 0.15) is 24.0 Å². The molecule has 1 aromatic carbocycles. The topological polar surface area (TPSA) is 26.0 Å². The van der Waals surface area contributed by atoms with Crippen molar-refractivity contribution in [2.75, 3.05) is 0 Å². The molecule has 0 radical (unpaired) electrons. The summed E-state index contributed by atoms with van der Waals surface area (Å²) >= 11 is 6.26. The smallest absolute Gasteiger partial charge is 0.0440 e. The molecule has 3 unspecified atom stereocenters. The van der Waals surface area contributed by atoms with Gasteiger partial charge in [0.25, 0.3) is 0 Å². The molecule has 0 aromatic heterocycles. The zero-order valence-corrected chi connectivity index (χ0v) is 9.50. The molecule has 0 aliphatic heterocycles. The summed E-state index contributed by atoms with van der Waals surface area (Å²) in [5.74, 6) is 1.35. The Morgan fingerprint density at radius 1 is 1.13 bits per heavy atom. The summed E-state index contributed by atoms with van der Waals surface area (Å²) in [6.45, 7) is 0. The van der Waals surface area contributed by atoms with E-state index in [0.29, 0.717) is 17.9 Å². The lowest BCUT2D eigenvalue weighted by molar-refractivity contribution is 0.421. The molecule has 1 saturated carbocycles. The Kier molecular flexibility index (Phi) is 2.26. The van der Waals surface area contributed by atoms with Crippen molar-refractivity contribution < 1.29 is 0 Å². The zero-order chi connectivity index (χ0) is 10.4. The number of fused-ring (bicyclic) bond motifs is 3. The highest BCUT2D eigenvalue weighted by molar-refractivity contribution is 6.31. The molecule has 2 aliphatic rings. The van der Waals surface area contributed by atoms with E-state index in [1.165, 1.54) is 24.0 Å². The second-order valence-electron chi connectivity index (χ2n) is 4.96. The largest absolute Gasteiger partial charge is 0.327 e. The van der Waals surface area contributed by atoms with Gasteiger partial charge >= 0.3 is 0 Å². The average molecular weight is 222 g/mol. The van der Waals surface area contributed by atoms with Crippen molar-refractivity contribution in [3.05, 3.63) is 34.3 Å². The van der Waals surface area contributed by atoms with E-state index in [4.69, 9.17) is 17.3 Å². The number of nitrogens with two attached hydrogens (primary N) is 1. The molecule has 0 spiro atoms. The van der Waals surface area contributed by atoms with Crippen LogP contribution in [0, 0.1) is 11.8 Å². The van der Waals surface area contributed by atoms with Gasteiger partial charge in [-0.15, -0.1) is 0 Å². The minimum atomic E-state index is 0.397. The molecule has 1 nitrogen and oxygen atoms in total. The Hall–Kier alpha value is -0.530. The maximum Gasteiger partial charge on any atom is 0.0440 e. The van der Waals surface area contributed by atoms with Gasteiger partial charge in [-0.3, -0.25) is 0 Å². The van der Waals surface area contributed by atoms with Crippen molar-refractivity contribution in [1.82, 2.24) is 0 Å². The Labute approximate surface area is 95.6 Å². The molecule has 0 saturated heterocycles. The lowest BCUT2D eigenvalue weighted by atomic mass is 9.93. The predicted octanol–water partition coefficient (Wildman–Crippen LogP) is 2.79. The molecule has 2 bridgehead atoms. The van der Waals surface area contributed by atoms with Gasteiger partial charge in [0.1, 0.15) is 0 Å². The second-order valence-corrected chi connectivity index (χ2v) is 5.37. The first-order chi connectivity index (χ1) is 7.25. The van der Waals surface area contributed by atoms with E-state index in [1.807, 2.05) is 6.07 Å². The fraction of sp³-hybridized carbons (Fsp3) is 0.538. The van der Waals surface area contributed by atoms with Crippen LogP contribution < -0.4 is 5.73 Å². The van der Waals surface area contributed by atoms with Gasteiger partial charge in [0, 0.05) is 11.1 Å². The maximum absolute atomic E-state index is 6.27. The van der Waals surface area contributed by atoms with Gasteiger partial charge < -0.3 is 5.73 Å². The van der Waals surface area contributed by atoms with Crippen molar-refractivity contribution >= 4 is 11.6 Å². The molecule has 2 heteroatoms. The Balaban J connectivity index is 2.06. The monoisotopic (exact) mass is 221 g/mol. The van der Waals surface area contributed by atoms with Crippen LogP contribution in [0.25, 0.3) is 0 Å². The van der Waals surface area contributed by atoms with Gasteiger partial charge in [-0.2, -0.15) is 0 Å². The van der Waals surface area contributed by atoms with Crippen LogP contribution >= 0.6 is 11.6 Å². The van der Waals surface area contributed by atoms with E-state index in [9.17, 15) is 0 Å². The fourth-order valence-electron chi connectivity index (χ4n) is 3.24. The van der Waals surface area contributed by atoms with Crippen LogP contribution in [-0.4, -0.2) is 6.04 Å². The van der Waals surface area contributed by atoms with Gasteiger partial charge in [-0.05, 0) is 54.7 Å². The van der Waals surface area contributed by atoms with Crippen LogP contribution in [0.3, 0.4) is 0 Å². The fourth-order valence-corrected chi connectivity index (χ4v) is 3.51. The van der Waals surface area contributed by atoms with Crippen LogP contribution in [-0.2, 0) is 12.8 Å². The van der Waals surface area contributed by atoms with Crippen molar-refractivity contribution in [2.45, 2.75) is 31.7 Å². The highest BCUT2D eigenvalue weighted by atomic mass is 35.5. The average Bonchev–Trinajstić information content (AvgIpc) is 2.43. The van der Waals surface area contributed by atoms with Crippen molar-refractivity contribution in [1.29, 1.82) is 0 Å². The second kappa shape index (κ2) is 3.50. The summed E-state index contributed by atoms with van der Waals surface area (Å²) in [5.41, 5.74) is 9.07. The number of hydrogen-bond donors (Lipinski definition) is 1. The zero-order valence-electron chi connectivity index (χ0n) is 8.75. The predicted molar refractivity (Wildman–Crippen MR) is 63.0 cm³/mol. The van der Waals surface area contributed by atoms with E-state index in [1.54, 1.807) is 0 Å².